The Hall–Kier alpha value is -3.42. The van der Waals surface area contributed by atoms with E-state index in [1.807, 2.05) is 6.92 Å². The van der Waals surface area contributed by atoms with Crippen molar-refractivity contribution in [2.24, 2.45) is 0 Å². The van der Waals surface area contributed by atoms with Gasteiger partial charge in [0.1, 0.15) is 24.2 Å². The molecule has 0 unspecified atom stereocenters. The largest absolute Gasteiger partial charge is 0.494 e. The third kappa shape index (κ3) is 3.72. The van der Waals surface area contributed by atoms with Crippen LogP contribution in [0.15, 0.2) is 42.5 Å². The molecule has 1 saturated heterocycles. The third-order valence-corrected chi connectivity index (χ3v) is 5.30. The van der Waals surface area contributed by atoms with Crippen LogP contribution in [0.2, 0.25) is 0 Å². The maximum atomic E-state index is 14.0. The number of carbonyl (C=O) groups excluding carboxylic acids is 3. The SMILES string of the molecule is CCOc1ccc(NC(=O)CN2C(=O)[C@@H]3CCCN3C(=O)c3ccc(F)cc32)cc1. The van der Waals surface area contributed by atoms with Crippen LogP contribution in [0.1, 0.15) is 30.1 Å². The van der Waals surface area contributed by atoms with Crippen LogP contribution in [0, 0.1) is 5.82 Å². The summed E-state index contributed by atoms with van der Waals surface area (Å²) in [5.41, 5.74) is 0.896. The van der Waals surface area contributed by atoms with Gasteiger partial charge in [0.2, 0.25) is 11.8 Å². The topological polar surface area (TPSA) is 79.0 Å². The monoisotopic (exact) mass is 411 g/mol. The zero-order valence-electron chi connectivity index (χ0n) is 16.6. The molecule has 2 aliphatic rings. The summed E-state index contributed by atoms with van der Waals surface area (Å²) in [6.45, 7) is 2.57. The standard InChI is InChI=1S/C22H22FN3O4/c1-2-30-16-8-6-15(7-9-16)24-20(27)13-26-19-12-14(23)5-10-17(19)21(28)25-11-3-4-18(25)22(26)29/h5-10,12,18H,2-4,11,13H2,1H3,(H,24,27)/t18-/m0/s1. The third-order valence-electron chi connectivity index (χ3n) is 5.30. The molecule has 0 spiro atoms. The summed E-state index contributed by atoms with van der Waals surface area (Å²) in [6, 6.07) is 9.93. The van der Waals surface area contributed by atoms with Gasteiger partial charge in [0.25, 0.3) is 5.91 Å². The number of anilines is 2. The minimum Gasteiger partial charge on any atom is -0.494 e. The number of benzene rings is 2. The minimum atomic E-state index is -0.633. The molecule has 3 amide bonds. The molecule has 7 nitrogen and oxygen atoms in total. The van der Waals surface area contributed by atoms with Crippen LogP contribution in [0.5, 0.6) is 5.75 Å². The Morgan fingerprint density at radius 2 is 1.97 bits per heavy atom. The van der Waals surface area contributed by atoms with Gasteiger partial charge in [-0.15, -0.1) is 0 Å². The summed E-state index contributed by atoms with van der Waals surface area (Å²) in [4.78, 5) is 41.5. The molecule has 2 aromatic rings. The van der Waals surface area contributed by atoms with Gasteiger partial charge in [-0.3, -0.25) is 14.4 Å². The smallest absolute Gasteiger partial charge is 0.256 e. The number of amides is 3. The van der Waals surface area contributed by atoms with Crippen molar-refractivity contribution in [2.75, 3.05) is 29.9 Å². The van der Waals surface area contributed by atoms with Crippen LogP contribution in [-0.2, 0) is 9.59 Å². The molecule has 0 aromatic heterocycles. The molecule has 8 heteroatoms. The maximum absolute atomic E-state index is 14.0. The normalized spacial score (nSPS) is 18.0. The van der Waals surface area contributed by atoms with Crippen molar-refractivity contribution in [3.05, 3.63) is 53.8 Å². The maximum Gasteiger partial charge on any atom is 0.256 e. The number of hydrogen-bond donors (Lipinski definition) is 1. The zero-order valence-corrected chi connectivity index (χ0v) is 16.6. The molecular weight excluding hydrogens is 389 g/mol. The van der Waals surface area contributed by atoms with E-state index in [0.29, 0.717) is 37.4 Å². The molecule has 1 atom stereocenters. The average Bonchev–Trinajstić information content (AvgIpc) is 3.20. The van der Waals surface area contributed by atoms with Gasteiger partial charge in [-0.25, -0.2) is 4.39 Å². The van der Waals surface area contributed by atoms with Crippen molar-refractivity contribution in [3.63, 3.8) is 0 Å². The van der Waals surface area contributed by atoms with Gasteiger partial charge in [0, 0.05) is 12.2 Å². The first kappa shape index (κ1) is 19.9. The number of fused-ring (bicyclic) bond motifs is 2. The van der Waals surface area contributed by atoms with E-state index in [4.69, 9.17) is 4.74 Å². The summed E-state index contributed by atoms with van der Waals surface area (Å²) >= 11 is 0. The van der Waals surface area contributed by atoms with Crippen LogP contribution in [-0.4, -0.2) is 48.4 Å². The van der Waals surface area contributed by atoms with Crippen molar-refractivity contribution in [1.29, 1.82) is 0 Å². The molecule has 0 bridgehead atoms. The molecule has 2 aromatic carbocycles. The molecule has 1 N–H and O–H groups in total. The van der Waals surface area contributed by atoms with Crippen LogP contribution in [0.25, 0.3) is 0 Å². The van der Waals surface area contributed by atoms with E-state index < -0.39 is 17.8 Å². The first-order valence-electron chi connectivity index (χ1n) is 9.92. The molecule has 2 heterocycles. The summed E-state index contributed by atoms with van der Waals surface area (Å²) in [6.07, 6.45) is 1.24. The van der Waals surface area contributed by atoms with Gasteiger partial charge in [-0.05, 0) is 62.2 Å². The first-order valence-corrected chi connectivity index (χ1v) is 9.92. The molecule has 0 radical (unpaired) electrons. The van der Waals surface area contributed by atoms with E-state index in [2.05, 4.69) is 5.32 Å². The lowest BCUT2D eigenvalue weighted by atomic mass is 10.1. The second-order valence-electron chi connectivity index (χ2n) is 7.25. The number of nitrogens with one attached hydrogen (secondary N) is 1. The van der Waals surface area contributed by atoms with Crippen LogP contribution < -0.4 is 15.0 Å². The number of nitrogens with zero attached hydrogens (tertiary/aromatic N) is 2. The molecule has 30 heavy (non-hydrogen) atoms. The Morgan fingerprint density at radius 1 is 1.20 bits per heavy atom. The van der Waals surface area contributed by atoms with Crippen molar-refractivity contribution >= 4 is 29.1 Å². The lowest BCUT2D eigenvalue weighted by Crippen LogP contribution is -2.47. The van der Waals surface area contributed by atoms with Crippen molar-refractivity contribution in [3.8, 4) is 5.75 Å². The Kier molecular flexibility index (Phi) is 5.39. The molecular formula is C22H22FN3O4. The molecule has 0 aliphatic carbocycles. The van der Waals surface area contributed by atoms with Crippen LogP contribution in [0.4, 0.5) is 15.8 Å². The Balaban J connectivity index is 1.59. The van der Waals surface area contributed by atoms with Gasteiger partial charge in [0.05, 0.1) is 17.9 Å². The van der Waals surface area contributed by atoms with Crippen LogP contribution >= 0.6 is 0 Å². The average molecular weight is 411 g/mol. The molecule has 2 aliphatic heterocycles. The predicted molar refractivity (Wildman–Crippen MR) is 109 cm³/mol. The fraction of sp³-hybridized carbons (Fsp3) is 0.318. The quantitative estimate of drug-likeness (QED) is 0.821. The highest BCUT2D eigenvalue weighted by molar-refractivity contribution is 6.13. The van der Waals surface area contributed by atoms with Crippen molar-refractivity contribution in [1.82, 2.24) is 4.90 Å². The number of ether oxygens (including phenoxy) is 1. The fourth-order valence-corrected chi connectivity index (χ4v) is 3.94. The molecule has 1 fully saturated rings. The van der Waals surface area contributed by atoms with Gasteiger partial charge in [0.15, 0.2) is 0 Å². The zero-order chi connectivity index (χ0) is 21.3. The molecule has 4 rings (SSSR count). The van der Waals surface area contributed by atoms with E-state index >= 15 is 0 Å². The van der Waals surface area contributed by atoms with Gasteiger partial charge >= 0.3 is 0 Å². The van der Waals surface area contributed by atoms with E-state index in [9.17, 15) is 18.8 Å². The Bertz CT molecular complexity index is 992. The van der Waals surface area contributed by atoms with Gasteiger partial charge in [-0.2, -0.15) is 0 Å². The second kappa shape index (κ2) is 8.14. The lowest BCUT2D eigenvalue weighted by molar-refractivity contribution is -0.124. The van der Waals surface area contributed by atoms with Crippen molar-refractivity contribution in [2.45, 2.75) is 25.8 Å². The predicted octanol–water partition coefficient (Wildman–Crippen LogP) is 2.81. The second-order valence-corrected chi connectivity index (χ2v) is 7.25. The molecule has 156 valence electrons. The highest BCUT2D eigenvalue weighted by Gasteiger charge is 2.42. The summed E-state index contributed by atoms with van der Waals surface area (Å²) in [7, 11) is 0. The van der Waals surface area contributed by atoms with E-state index in [1.54, 1.807) is 24.3 Å². The van der Waals surface area contributed by atoms with Crippen LogP contribution in [0.3, 0.4) is 0 Å². The Morgan fingerprint density at radius 3 is 2.70 bits per heavy atom. The van der Waals surface area contributed by atoms with Gasteiger partial charge in [-0.1, -0.05) is 0 Å². The van der Waals surface area contributed by atoms with E-state index in [0.717, 1.165) is 6.07 Å². The Labute approximate surface area is 173 Å². The fourth-order valence-electron chi connectivity index (χ4n) is 3.94. The molecule has 0 saturated carbocycles. The lowest BCUT2D eigenvalue weighted by Gasteiger charge is -2.25. The van der Waals surface area contributed by atoms with Gasteiger partial charge < -0.3 is 19.9 Å². The summed E-state index contributed by atoms with van der Waals surface area (Å²) in [5.74, 6) is -1.01. The number of rotatable bonds is 5. The van der Waals surface area contributed by atoms with E-state index in [1.165, 1.54) is 21.9 Å². The summed E-state index contributed by atoms with van der Waals surface area (Å²) in [5, 5.41) is 2.74. The number of carbonyl (C=O) groups is 3. The highest BCUT2D eigenvalue weighted by Crippen LogP contribution is 2.33. The highest BCUT2D eigenvalue weighted by atomic mass is 19.1. The first-order chi connectivity index (χ1) is 14.5. The number of hydrogen-bond acceptors (Lipinski definition) is 4. The number of halogens is 1. The van der Waals surface area contributed by atoms with Crippen molar-refractivity contribution < 1.29 is 23.5 Å². The summed E-state index contributed by atoms with van der Waals surface area (Å²) < 4.78 is 19.3. The van der Waals surface area contributed by atoms with E-state index in [-0.39, 0.29) is 29.6 Å². The minimum absolute atomic E-state index is 0.126.